The van der Waals surface area contributed by atoms with Gasteiger partial charge in [-0.2, -0.15) is 0 Å². The number of benzene rings is 3. The number of anilines is 3. The molecule has 1 amide bonds. The molecule has 5 aromatic rings. The molecule has 218 valence electrons. The van der Waals surface area contributed by atoms with Gasteiger partial charge in [0.1, 0.15) is 12.4 Å². The third-order valence-electron chi connectivity index (χ3n) is 6.57. The summed E-state index contributed by atoms with van der Waals surface area (Å²) in [7, 11) is 1.36. The molecule has 2 N–H and O–H groups in total. The Kier molecular flexibility index (Phi) is 9.53. The minimum absolute atomic E-state index is 0.109. The lowest BCUT2D eigenvalue weighted by atomic mass is 10.1. The number of ether oxygens (including phenoxy) is 2. The molecule has 0 fully saturated rings. The van der Waals surface area contributed by atoms with Gasteiger partial charge < -0.3 is 20.1 Å². The van der Waals surface area contributed by atoms with Crippen LogP contribution in [-0.2, 0) is 22.6 Å². The molecule has 5 rings (SSSR count). The van der Waals surface area contributed by atoms with Crippen LogP contribution in [0, 0.1) is 0 Å². The van der Waals surface area contributed by atoms with Crippen LogP contribution in [-0.4, -0.2) is 29.0 Å². The summed E-state index contributed by atoms with van der Waals surface area (Å²) in [5.74, 6) is 0.204. The molecular formula is C34H32N4O4S. The van der Waals surface area contributed by atoms with E-state index in [1.807, 2.05) is 60.7 Å². The topological polar surface area (TPSA) is 102 Å². The van der Waals surface area contributed by atoms with E-state index in [9.17, 15) is 9.59 Å². The first kappa shape index (κ1) is 29.6. The van der Waals surface area contributed by atoms with Crippen LogP contribution in [0.5, 0.6) is 5.75 Å². The van der Waals surface area contributed by atoms with E-state index < -0.39 is 0 Å². The maximum absolute atomic E-state index is 11.8. The number of nitrogens with one attached hydrogen (secondary N) is 2. The van der Waals surface area contributed by atoms with E-state index >= 15 is 0 Å². The Balaban J connectivity index is 1.42. The van der Waals surface area contributed by atoms with Gasteiger partial charge in [0.2, 0.25) is 5.91 Å². The van der Waals surface area contributed by atoms with E-state index in [1.54, 1.807) is 30.1 Å². The molecule has 0 aliphatic heterocycles. The lowest BCUT2D eigenvalue weighted by Gasteiger charge is -2.16. The van der Waals surface area contributed by atoms with Crippen LogP contribution in [0.4, 0.5) is 17.1 Å². The fourth-order valence-corrected chi connectivity index (χ4v) is 5.34. The van der Waals surface area contributed by atoms with Crippen molar-refractivity contribution in [3.63, 3.8) is 0 Å². The molecule has 0 aliphatic rings. The number of hydrogen-bond acceptors (Lipinski definition) is 8. The van der Waals surface area contributed by atoms with Crippen molar-refractivity contribution < 1.29 is 19.1 Å². The molecule has 3 aromatic carbocycles. The number of aryl methyl sites for hydroxylation is 1. The summed E-state index contributed by atoms with van der Waals surface area (Å²) in [5.41, 5.74) is 5.63. The third kappa shape index (κ3) is 7.69. The monoisotopic (exact) mass is 592 g/mol. The average molecular weight is 593 g/mol. The van der Waals surface area contributed by atoms with Crippen molar-refractivity contribution in [2.45, 2.75) is 43.1 Å². The van der Waals surface area contributed by atoms with E-state index in [-0.39, 0.29) is 11.9 Å². The number of amides is 1. The molecule has 0 atom stereocenters. The van der Waals surface area contributed by atoms with Crippen LogP contribution >= 0.6 is 11.8 Å². The molecule has 0 bridgehead atoms. The quantitative estimate of drug-likeness (QED) is 0.150. The molecule has 0 spiro atoms. The van der Waals surface area contributed by atoms with Crippen molar-refractivity contribution in [2.75, 3.05) is 17.7 Å². The highest BCUT2D eigenvalue weighted by Gasteiger charge is 2.12. The number of carbonyl (C=O) groups excluding carboxylic acids is 2. The van der Waals surface area contributed by atoms with E-state index in [0.29, 0.717) is 23.6 Å². The predicted molar refractivity (Wildman–Crippen MR) is 170 cm³/mol. The highest BCUT2D eigenvalue weighted by Crippen LogP contribution is 2.38. The molecule has 0 saturated heterocycles. The van der Waals surface area contributed by atoms with Gasteiger partial charge in [-0.15, -0.1) is 0 Å². The Morgan fingerprint density at radius 2 is 1.70 bits per heavy atom. The largest absolute Gasteiger partial charge is 0.489 e. The molecular weight excluding hydrogens is 560 g/mol. The second kappa shape index (κ2) is 13.8. The van der Waals surface area contributed by atoms with Crippen molar-refractivity contribution in [2.24, 2.45) is 0 Å². The van der Waals surface area contributed by atoms with Gasteiger partial charge in [-0.05, 0) is 78.7 Å². The van der Waals surface area contributed by atoms with E-state index in [0.717, 1.165) is 56.3 Å². The summed E-state index contributed by atoms with van der Waals surface area (Å²) in [6.07, 6.45) is 3.69. The SMILES string of the molecule is CCCc1ccc2c(Nc3cc(OCc4ccc(C(=O)OC)cc4)ccc3Sc3ccc(NC(C)=O)cc3)ccnc2n1. The summed E-state index contributed by atoms with van der Waals surface area (Å²) in [6.45, 7) is 3.96. The highest BCUT2D eigenvalue weighted by molar-refractivity contribution is 7.99. The zero-order valence-corrected chi connectivity index (χ0v) is 25.0. The number of rotatable bonds is 11. The summed E-state index contributed by atoms with van der Waals surface area (Å²) in [6, 6.07) is 26.9. The van der Waals surface area contributed by atoms with Gasteiger partial charge in [0.05, 0.1) is 24.0 Å². The minimum atomic E-state index is -0.374. The molecule has 0 unspecified atom stereocenters. The molecule has 0 radical (unpaired) electrons. The molecule has 2 heterocycles. The smallest absolute Gasteiger partial charge is 0.337 e. The summed E-state index contributed by atoms with van der Waals surface area (Å²) >= 11 is 1.60. The van der Waals surface area contributed by atoms with Gasteiger partial charge >= 0.3 is 5.97 Å². The second-order valence-electron chi connectivity index (χ2n) is 9.85. The zero-order valence-electron chi connectivity index (χ0n) is 24.2. The van der Waals surface area contributed by atoms with Crippen LogP contribution < -0.4 is 15.4 Å². The Morgan fingerprint density at radius 1 is 0.907 bits per heavy atom. The molecule has 0 saturated carbocycles. The van der Waals surface area contributed by atoms with Crippen molar-refractivity contribution >= 4 is 51.7 Å². The lowest BCUT2D eigenvalue weighted by Crippen LogP contribution is -2.05. The first-order chi connectivity index (χ1) is 20.9. The first-order valence-electron chi connectivity index (χ1n) is 13.9. The summed E-state index contributed by atoms with van der Waals surface area (Å²) in [4.78, 5) is 34.4. The van der Waals surface area contributed by atoms with E-state index in [2.05, 4.69) is 34.7 Å². The van der Waals surface area contributed by atoms with Gasteiger partial charge in [0, 0.05) is 45.7 Å². The number of pyridine rings is 2. The Hall–Kier alpha value is -4.89. The van der Waals surface area contributed by atoms with E-state index in [1.165, 1.54) is 14.0 Å². The Labute approximate surface area is 254 Å². The Morgan fingerprint density at radius 3 is 2.42 bits per heavy atom. The Bertz CT molecular complexity index is 1740. The number of esters is 1. The maximum atomic E-state index is 11.8. The van der Waals surface area contributed by atoms with Crippen molar-refractivity contribution in [1.29, 1.82) is 0 Å². The van der Waals surface area contributed by atoms with Crippen molar-refractivity contribution in [3.8, 4) is 5.75 Å². The fraction of sp³-hybridized carbons (Fsp3) is 0.176. The molecule has 9 heteroatoms. The number of aromatic nitrogens is 2. The molecule has 0 aliphatic carbocycles. The van der Waals surface area contributed by atoms with Crippen LogP contribution in [0.1, 0.15) is 41.9 Å². The van der Waals surface area contributed by atoms with Crippen LogP contribution in [0.15, 0.2) is 101 Å². The normalized spacial score (nSPS) is 10.8. The van der Waals surface area contributed by atoms with Crippen LogP contribution in [0.2, 0.25) is 0 Å². The van der Waals surface area contributed by atoms with Gasteiger partial charge in [0.15, 0.2) is 5.65 Å². The van der Waals surface area contributed by atoms with Crippen LogP contribution in [0.3, 0.4) is 0 Å². The van der Waals surface area contributed by atoms with Gasteiger partial charge in [-0.3, -0.25) is 4.79 Å². The van der Waals surface area contributed by atoms with Crippen LogP contribution in [0.25, 0.3) is 11.0 Å². The zero-order chi connectivity index (χ0) is 30.2. The van der Waals surface area contributed by atoms with Crippen molar-refractivity contribution in [1.82, 2.24) is 9.97 Å². The number of fused-ring (bicyclic) bond motifs is 1. The molecule has 8 nitrogen and oxygen atoms in total. The van der Waals surface area contributed by atoms with Gasteiger partial charge in [-0.1, -0.05) is 37.2 Å². The fourth-order valence-electron chi connectivity index (χ4n) is 4.46. The third-order valence-corrected chi connectivity index (χ3v) is 7.65. The number of carbonyl (C=O) groups is 2. The van der Waals surface area contributed by atoms with Gasteiger partial charge in [-0.25, -0.2) is 14.8 Å². The summed E-state index contributed by atoms with van der Waals surface area (Å²) in [5, 5.41) is 7.33. The molecule has 43 heavy (non-hydrogen) atoms. The maximum Gasteiger partial charge on any atom is 0.337 e. The minimum Gasteiger partial charge on any atom is -0.489 e. The predicted octanol–water partition coefficient (Wildman–Crippen LogP) is 7.80. The highest BCUT2D eigenvalue weighted by atomic mass is 32.2. The number of methoxy groups -OCH3 is 1. The summed E-state index contributed by atoms with van der Waals surface area (Å²) < 4.78 is 10.9. The standard InChI is InChI=1S/C34H32N4O4S/c1-4-5-25-12-16-29-30(18-19-35-33(29)37-25)38-31-20-27(42-21-23-6-8-24(9-7-23)34(40)41-3)13-17-32(31)43-28-14-10-26(11-15-28)36-22(2)39/h6-20H,4-5,21H2,1-3H3,(H,36,39)(H,35,37,38). The van der Waals surface area contributed by atoms with Gasteiger partial charge in [0.25, 0.3) is 0 Å². The first-order valence-corrected chi connectivity index (χ1v) is 14.7. The molecule has 2 aromatic heterocycles. The number of hydrogen-bond donors (Lipinski definition) is 2. The van der Waals surface area contributed by atoms with E-state index in [4.69, 9.17) is 14.5 Å². The second-order valence-corrected chi connectivity index (χ2v) is 11.0. The average Bonchev–Trinajstić information content (AvgIpc) is 3.02. The lowest BCUT2D eigenvalue weighted by molar-refractivity contribution is -0.114. The van der Waals surface area contributed by atoms with Crippen molar-refractivity contribution in [3.05, 3.63) is 108 Å². The number of nitrogens with zero attached hydrogens (tertiary/aromatic N) is 2.